The van der Waals surface area contributed by atoms with Crippen LogP contribution in [0.1, 0.15) is 26.4 Å². The predicted octanol–water partition coefficient (Wildman–Crippen LogP) is 2.94. The van der Waals surface area contributed by atoms with Gasteiger partial charge in [0.15, 0.2) is 0 Å². The Morgan fingerprint density at radius 1 is 1.00 bits per heavy atom. The quantitative estimate of drug-likeness (QED) is 0.655. The van der Waals surface area contributed by atoms with Crippen LogP contribution < -0.4 is 10.6 Å². The van der Waals surface area contributed by atoms with E-state index < -0.39 is 5.97 Å². The molecule has 0 saturated carbocycles. The molecule has 0 spiro atoms. The summed E-state index contributed by atoms with van der Waals surface area (Å²) in [6.45, 7) is 0.347. The van der Waals surface area contributed by atoms with E-state index in [4.69, 9.17) is 4.74 Å². The fraction of sp³-hybridized carbons (Fsp3) is 0.100. The van der Waals surface area contributed by atoms with Crippen LogP contribution in [0.25, 0.3) is 0 Å². The summed E-state index contributed by atoms with van der Waals surface area (Å²) in [4.78, 5) is 32.2. The van der Waals surface area contributed by atoms with Crippen molar-refractivity contribution in [2.24, 2.45) is 0 Å². The van der Waals surface area contributed by atoms with Gasteiger partial charge >= 0.3 is 5.97 Å². The van der Waals surface area contributed by atoms with E-state index in [0.29, 0.717) is 29.2 Å². The summed E-state index contributed by atoms with van der Waals surface area (Å²) in [7, 11) is 1.33. The molecule has 3 aromatic rings. The van der Waals surface area contributed by atoms with Gasteiger partial charge < -0.3 is 15.4 Å². The summed E-state index contributed by atoms with van der Waals surface area (Å²) >= 11 is 0. The number of nitrogens with zero attached hydrogens (tertiary/aromatic N) is 2. The molecule has 0 fully saturated rings. The molecule has 0 bridgehead atoms. The van der Waals surface area contributed by atoms with Crippen LogP contribution in [0.4, 0.5) is 11.5 Å². The summed E-state index contributed by atoms with van der Waals surface area (Å²) in [6, 6.07) is 15.8. The van der Waals surface area contributed by atoms with E-state index in [1.165, 1.54) is 13.3 Å². The van der Waals surface area contributed by atoms with Crippen LogP contribution in [0.5, 0.6) is 0 Å². The summed E-state index contributed by atoms with van der Waals surface area (Å²) in [5.41, 5.74) is 2.35. The fourth-order valence-electron chi connectivity index (χ4n) is 2.37. The molecule has 1 amide bonds. The number of carbonyl (C=O) groups excluding carboxylic acids is 2. The normalized spacial score (nSPS) is 10.1. The summed E-state index contributed by atoms with van der Waals surface area (Å²) in [5, 5.41) is 5.88. The van der Waals surface area contributed by atoms with Gasteiger partial charge in [-0.2, -0.15) is 0 Å². The zero-order chi connectivity index (χ0) is 19.1. The molecule has 0 atom stereocenters. The number of pyridine rings is 2. The van der Waals surface area contributed by atoms with Crippen molar-refractivity contribution < 1.29 is 14.3 Å². The van der Waals surface area contributed by atoms with Gasteiger partial charge in [-0.1, -0.05) is 12.1 Å². The van der Waals surface area contributed by atoms with Gasteiger partial charge in [-0.15, -0.1) is 0 Å². The standard InChI is InChI=1S/C20H18N4O3/c1-27-20(26)14-5-4-7-16(11-14)24-18-9-8-15(12-22-18)19(25)23-13-17-6-2-3-10-21-17/h2-12H,13H2,1H3,(H,22,24)(H,23,25). The molecule has 0 saturated heterocycles. The number of amides is 1. The molecule has 7 nitrogen and oxygen atoms in total. The first-order chi connectivity index (χ1) is 13.2. The van der Waals surface area contributed by atoms with Crippen molar-refractivity contribution in [2.75, 3.05) is 12.4 Å². The van der Waals surface area contributed by atoms with E-state index in [0.717, 1.165) is 5.69 Å². The Labute approximate surface area is 156 Å². The monoisotopic (exact) mass is 362 g/mol. The first kappa shape index (κ1) is 18.1. The molecular formula is C20H18N4O3. The van der Waals surface area contributed by atoms with E-state index in [2.05, 4.69) is 20.6 Å². The van der Waals surface area contributed by atoms with Gasteiger partial charge in [-0.3, -0.25) is 9.78 Å². The molecule has 0 aliphatic carbocycles. The van der Waals surface area contributed by atoms with E-state index >= 15 is 0 Å². The van der Waals surface area contributed by atoms with Crippen LogP contribution in [0.15, 0.2) is 67.0 Å². The lowest BCUT2D eigenvalue weighted by Crippen LogP contribution is -2.23. The molecule has 2 N–H and O–H groups in total. The minimum atomic E-state index is -0.411. The number of anilines is 2. The van der Waals surface area contributed by atoms with Gasteiger partial charge in [0, 0.05) is 18.1 Å². The lowest BCUT2D eigenvalue weighted by molar-refractivity contribution is 0.0600. The van der Waals surface area contributed by atoms with Gasteiger partial charge in [-0.25, -0.2) is 9.78 Å². The molecule has 0 radical (unpaired) electrons. The van der Waals surface area contributed by atoms with Crippen LogP contribution in [0.3, 0.4) is 0 Å². The number of hydrogen-bond donors (Lipinski definition) is 2. The zero-order valence-corrected chi connectivity index (χ0v) is 14.7. The highest BCUT2D eigenvalue weighted by Gasteiger charge is 2.08. The summed E-state index contributed by atoms with van der Waals surface area (Å²) < 4.78 is 4.71. The number of benzene rings is 1. The molecule has 0 unspecified atom stereocenters. The Morgan fingerprint density at radius 2 is 1.89 bits per heavy atom. The van der Waals surface area contributed by atoms with Crippen molar-refractivity contribution >= 4 is 23.4 Å². The first-order valence-electron chi connectivity index (χ1n) is 8.25. The molecule has 7 heteroatoms. The highest BCUT2D eigenvalue weighted by molar-refractivity contribution is 5.94. The molecule has 3 rings (SSSR count). The Morgan fingerprint density at radius 3 is 2.59 bits per heavy atom. The molecule has 2 heterocycles. The summed E-state index contributed by atoms with van der Waals surface area (Å²) in [6.07, 6.45) is 3.17. The molecular weight excluding hydrogens is 344 g/mol. The van der Waals surface area contributed by atoms with Crippen LogP contribution in [-0.4, -0.2) is 29.0 Å². The highest BCUT2D eigenvalue weighted by atomic mass is 16.5. The van der Waals surface area contributed by atoms with Crippen LogP contribution >= 0.6 is 0 Å². The van der Waals surface area contributed by atoms with Crippen molar-refractivity contribution in [3.05, 3.63) is 83.8 Å². The SMILES string of the molecule is COC(=O)c1cccc(Nc2ccc(C(=O)NCc3ccccn3)cn2)c1. The molecule has 1 aromatic carbocycles. The second kappa shape index (κ2) is 8.57. The minimum Gasteiger partial charge on any atom is -0.465 e. The van der Waals surface area contributed by atoms with E-state index in [9.17, 15) is 9.59 Å². The lowest BCUT2D eigenvalue weighted by Gasteiger charge is -2.08. The molecule has 0 aliphatic rings. The topological polar surface area (TPSA) is 93.2 Å². The van der Waals surface area contributed by atoms with Crippen LogP contribution in [0, 0.1) is 0 Å². The smallest absolute Gasteiger partial charge is 0.337 e. The number of esters is 1. The third-order valence-corrected chi connectivity index (χ3v) is 3.74. The Kier molecular flexibility index (Phi) is 5.73. The van der Waals surface area contributed by atoms with Gasteiger partial charge in [0.05, 0.1) is 30.5 Å². The molecule has 2 aromatic heterocycles. The Balaban J connectivity index is 1.61. The Hall–Kier alpha value is -3.74. The van der Waals surface area contributed by atoms with E-state index in [1.54, 1.807) is 36.5 Å². The minimum absolute atomic E-state index is 0.229. The third kappa shape index (κ3) is 4.88. The van der Waals surface area contributed by atoms with Crippen molar-refractivity contribution in [3.63, 3.8) is 0 Å². The number of aromatic nitrogens is 2. The number of carbonyl (C=O) groups is 2. The van der Waals surface area contributed by atoms with E-state index in [1.807, 2.05) is 24.3 Å². The molecule has 0 aliphatic heterocycles. The van der Waals surface area contributed by atoms with Gasteiger partial charge in [0.1, 0.15) is 5.82 Å². The third-order valence-electron chi connectivity index (χ3n) is 3.74. The summed E-state index contributed by atoms with van der Waals surface area (Å²) in [5.74, 6) is -0.0859. The van der Waals surface area contributed by atoms with Gasteiger partial charge in [0.25, 0.3) is 5.91 Å². The average molecular weight is 362 g/mol. The number of rotatable bonds is 6. The molecule has 27 heavy (non-hydrogen) atoms. The second-order valence-corrected chi connectivity index (χ2v) is 5.63. The fourth-order valence-corrected chi connectivity index (χ4v) is 2.37. The average Bonchev–Trinajstić information content (AvgIpc) is 2.73. The maximum atomic E-state index is 12.2. The maximum absolute atomic E-state index is 12.2. The van der Waals surface area contributed by atoms with E-state index in [-0.39, 0.29) is 5.91 Å². The van der Waals surface area contributed by atoms with Crippen molar-refractivity contribution in [3.8, 4) is 0 Å². The maximum Gasteiger partial charge on any atom is 0.337 e. The highest BCUT2D eigenvalue weighted by Crippen LogP contribution is 2.17. The Bertz CT molecular complexity index is 927. The largest absolute Gasteiger partial charge is 0.465 e. The zero-order valence-electron chi connectivity index (χ0n) is 14.7. The number of hydrogen-bond acceptors (Lipinski definition) is 6. The second-order valence-electron chi connectivity index (χ2n) is 5.63. The van der Waals surface area contributed by atoms with Crippen LogP contribution in [-0.2, 0) is 11.3 Å². The predicted molar refractivity (Wildman–Crippen MR) is 101 cm³/mol. The number of methoxy groups -OCH3 is 1. The van der Waals surface area contributed by atoms with Gasteiger partial charge in [-0.05, 0) is 42.5 Å². The lowest BCUT2D eigenvalue weighted by atomic mass is 10.2. The number of nitrogens with one attached hydrogen (secondary N) is 2. The van der Waals surface area contributed by atoms with Gasteiger partial charge in [0.2, 0.25) is 0 Å². The van der Waals surface area contributed by atoms with Crippen molar-refractivity contribution in [2.45, 2.75) is 6.54 Å². The number of ether oxygens (including phenoxy) is 1. The first-order valence-corrected chi connectivity index (χ1v) is 8.25. The van der Waals surface area contributed by atoms with Crippen molar-refractivity contribution in [1.82, 2.24) is 15.3 Å². The van der Waals surface area contributed by atoms with Crippen molar-refractivity contribution in [1.29, 1.82) is 0 Å². The van der Waals surface area contributed by atoms with Crippen LogP contribution in [0.2, 0.25) is 0 Å². The molecule has 136 valence electrons.